The minimum absolute atomic E-state index is 0.245. The van der Waals surface area contributed by atoms with Crippen LogP contribution in [0.1, 0.15) is 17.2 Å². The van der Waals surface area contributed by atoms with E-state index >= 15 is 0 Å². The molecule has 0 radical (unpaired) electrons. The van der Waals surface area contributed by atoms with E-state index in [4.69, 9.17) is 15.2 Å². The van der Waals surface area contributed by atoms with Gasteiger partial charge in [-0.15, -0.1) is 0 Å². The maximum Gasteiger partial charge on any atom is 0.139 e. The van der Waals surface area contributed by atoms with Gasteiger partial charge in [0.25, 0.3) is 0 Å². The molecule has 0 bridgehead atoms. The zero-order chi connectivity index (χ0) is 14.5. The maximum absolute atomic E-state index is 6.03. The van der Waals surface area contributed by atoms with Gasteiger partial charge in [-0.2, -0.15) is 0 Å². The van der Waals surface area contributed by atoms with Crippen molar-refractivity contribution in [1.29, 1.82) is 0 Å². The van der Waals surface area contributed by atoms with Crippen molar-refractivity contribution in [2.75, 3.05) is 13.7 Å². The van der Waals surface area contributed by atoms with Gasteiger partial charge in [0.05, 0.1) is 11.6 Å². The van der Waals surface area contributed by atoms with Crippen molar-refractivity contribution in [3.63, 3.8) is 0 Å². The van der Waals surface area contributed by atoms with Crippen molar-refractivity contribution in [3.8, 4) is 11.5 Å². The molecule has 0 spiro atoms. The molecule has 0 aliphatic rings. The molecule has 0 saturated carbocycles. The number of nitrogens with two attached hydrogens (primary N) is 1. The van der Waals surface area contributed by atoms with Crippen molar-refractivity contribution >= 4 is 15.9 Å². The Morgan fingerprint density at radius 1 is 1.15 bits per heavy atom. The van der Waals surface area contributed by atoms with Crippen LogP contribution in [0.3, 0.4) is 0 Å². The summed E-state index contributed by atoms with van der Waals surface area (Å²) in [5, 5.41) is 0. The monoisotopic (exact) mass is 335 g/mol. The Bertz CT molecular complexity index is 586. The van der Waals surface area contributed by atoms with E-state index in [0.717, 1.165) is 21.5 Å². The van der Waals surface area contributed by atoms with Crippen LogP contribution in [0.25, 0.3) is 0 Å². The molecule has 2 N–H and O–H groups in total. The molecular weight excluding hydrogens is 318 g/mol. The number of hydrogen-bond acceptors (Lipinski definition) is 3. The Kier molecular flexibility index (Phi) is 5.04. The summed E-state index contributed by atoms with van der Waals surface area (Å²) in [5.74, 6) is 1.56. The van der Waals surface area contributed by atoms with E-state index in [-0.39, 0.29) is 6.10 Å². The third kappa shape index (κ3) is 3.32. The first kappa shape index (κ1) is 14.9. The van der Waals surface area contributed by atoms with Gasteiger partial charge >= 0.3 is 0 Å². The molecule has 0 aliphatic carbocycles. The highest BCUT2D eigenvalue weighted by molar-refractivity contribution is 9.10. The van der Waals surface area contributed by atoms with Crippen LogP contribution >= 0.6 is 15.9 Å². The summed E-state index contributed by atoms with van der Waals surface area (Å²) in [5.41, 5.74) is 7.98. The van der Waals surface area contributed by atoms with Gasteiger partial charge in [0.2, 0.25) is 0 Å². The molecule has 1 unspecified atom stereocenters. The lowest BCUT2D eigenvalue weighted by atomic mass is 10.1. The molecule has 4 heteroatoms. The summed E-state index contributed by atoms with van der Waals surface area (Å²) in [6, 6.07) is 13.7. The number of benzene rings is 2. The van der Waals surface area contributed by atoms with Gasteiger partial charge in [0, 0.05) is 12.1 Å². The molecule has 0 aliphatic heterocycles. The van der Waals surface area contributed by atoms with Crippen LogP contribution in [0.15, 0.2) is 46.9 Å². The summed E-state index contributed by atoms with van der Waals surface area (Å²) in [6.45, 7) is 2.41. The first-order valence-corrected chi connectivity index (χ1v) is 7.20. The molecule has 2 aromatic carbocycles. The second kappa shape index (κ2) is 6.77. The Hall–Kier alpha value is -1.52. The molecule has 2 rings (SSSR count). The summed E-state index contributed by atoms with van der Waals surface area (Å²) in [4.78, 5) is 0. The summed E-state index contributed by atoms with van der Waals surface area (Å²) in [6.07, 6.45) is -0.245. The van der Waals surface area contributed by atoms with E-state index in [1.165, 1.54) is 5.56 Å². The zero-order valence-electron chi connectivity index (χ0n) is 11.6. The number of methoxy groups -OCH3 is 1. The molecule has 0 amide bonds. The minimum Gasteiger partial charge on any atom is -0.496 e. The van der Waals surface area contributed by atoms with Crippen molar-refractivity contribution in [2.45, 2.75) is 13.0 Å². The third-order valence-electron chi connectivity index (χ3n) is 3.06. The predicted octanol–water partition coefficient (Wildman–Crippen LogP) is 3.84. The molecule has 2 aromatic rings. The summed E-state index contributed by atoms with van der Waals surface area (Å²) < 4.78 is 12.3. The van der Waals surface area contributed by atoms with Crippen molar-refractivity contribution in [2.24, 2.45) is 5.73 Å². The number of aryl methyl sites for hydroxylation is 1. The lowest BCUT2D eigenvalue weighted by molar-refractivity contribution is 0.207. The van der Waals surface area contributed by atoms with E-state index in [9.17, 15) is 0 Å². The molecule has 0 heterocycles. The fourth-order valence-electron chi connectivity index (χ4n) is 2.03. The van der Waals surface area contributed by atoms with Gasteiger partial charge in [-0.05, 0) is 46.6 Å². The number of ether oxygens (including phenoxy) is 2. The fraction of sp³-hybridized carbons (Fsp3) is 0.250. The standard InChI is InChI=1S/C16H18BrNO2/c1-11-7-8-15(13(17)9-11)20-16(10-18)12-5-3-4-6-14(12)19-2/h3-9,16H,10,18H2,1-2H3. The van der Waals surface area contributed by atoms with Crippen LogP contribution < -0.4 is 15.2 Å². The molecule has 20 heavy (non-hydrogen) atoms. The van der Waals surface area contributed by atoms with Crippen molar-refractivity contribution in [3.05, 3.63) is 58.1 Å². The average molecular weight is 336 g/mol. The first-order chi connectivity index (χ1) is 9.65. The van der Waals surface area contributed by atoms with Gasteiger partial charge in [-0.1, -0.05) is 24.3 Å². The Labute approximate surface area is 127 Å². The average Bonchev–Trinajstić information content (AvgIpc) is 2.46. The molecule has 0 saturated heterocycles. The molecule has 0 fully saturated rings. The normalized spacial score (nSPS) is 12.0. The lowest BCUT2D eigenvalue weighted by Crippen LogP contribution is -2.19. The van der Waals surface area contributed by atoms with Crippen LogP contribution in [0.5, 0.6) is 11.5 Å². The molecule has 106 valence electrons. The maximum atomic E-state index is 6.03. The van der Waals surface area contributed by atoms with E-state index < -0.39 is 0 Å². The summed E-state index contributed by atoms with van der Waals surface area (Å²) >= 11 is 3.52. The minimum atomic E-state index is -0.245. The third-order valence-corrected chi connectivity index (χ3v) is 3.68. The fourth-order valence-corrected chi connectivity index (χ4v) is 2.61. The highest BCUT2D eigenvalue weighted by atomic mass is 79.9. The Morgan fingerprint density at radius 3 is 2.55 bits per heavy atom. The van der Waals surface area contributed by atoms with Crippen molar-refractivity contribution in [1.82, 2.24) is 0 Å². The van der Waals surface area contributed by atoms with Gasteiger partial charge < -0.3 is 15.2 Å². The number of para-hydroxylation sites is 1. The van der Waals surface area contributed by atoms with Crippen LogP contribution in [0, 0.1) is 6.92 Å². The Balaban J connectivity index is 2.29. The number of halogens is 1. The SMILES string of the molecule is COc1ccccc1C(CN)Oc1ccc(C)cc1Br. The highest BCUT2D eigenvalue weighted by Crippen LogP contribution is 2.32. The van der Waals surface area contributed by atoms with Crippen LogP contribution in [0.4, 0.5) is 0 Å². The molecular formula is C16H18BrNO2. The molecule has 0 aromatic heterocycles. The molecule has 1 atom stereocenters. The van der Waals surface area contributed by atoms with E-state index in [1.54, 1.807) is 7.11 Å². The van der Waals surface area contributed by atoms with Gasteiger partial charge in [-0.3, -0.25) is 0 Å². The van der Waals surface area contributed by atoms with Crippen LogP contribution in [-0.2, 0) is 0 Å². The van der Waals surface area contributed by atoms with Gasteiger partial charge in [0.1, 0.15) is 17.6 Å². The zero-order valence-corrected chi connectivity index (χ0v) is 13.2. The predicted molar refractivity (Wildman–Crippen MR) is 84.3 cm³/mol. The Morgan fingerprint density at radius 2 is 1.90 bits per heavy atom. The summed E-state index contributed by atoms with van der Waals surface area (Å²) in [7, 11) is 1.65. The highest BCUT2D eigenvalue weighted by Gasteiger charge is 2.17. The van der Waals surface area contributed by atoms with Crippen LogP contribution in [-0.4, -0.2) is 13.7 Å². The van der Waals surface area contributed by atoms with E-state index in [0.29, 0.717) is 6.54 Å². The second-order valence-corrected chi connectivity index (χ2v) is 5.37. The van der Waals surface area contributed by atoms with Crippen molar-refractivity contribution < 1.29 is 9.47 Å². The van der Waals surface area contributed by atoms with Crippen LogP contribution in [0.2, 0.25) is 0 Å². The van der Waals surface area contributed by atoms with Gasteiger partial charge in [-0.25, -0.2) is 0 Å². The number of hydrogen-bond donors (Lipinski definition) is 1. The number of rotatable bonds is 5. The van der Waals surface area contributed by atoms with Gasteiger partial charge in [0.15, 0.2) is 0 Å². The topological polar surface area (TPSA) is 44.5 Å². The second-order valence-electron chi connectivity index (χ2n) is 4.52. The van der Waals surface area contributed by atoms with E-state index in [1.807, 2.05) is 49.4 Å². The first-order valence-electron chi connectivity index (χ1n) is 6.41. The quantitative estimate of drug-likeness (QED) is 0.902. The smallest absolute Gasteiger partial charge is 0.139 e. The largest absolute Gasteiger partial charge is 0.496 e. The lowest BCUT2D eigenvalue weighted by Gasteiger charge is -2.21. The van der Waals surface area contributed by atoms with E-state index in [2.05, 4.69) is 15.9 Å². The molecule has 3 nitrogen and oxygen atoms in total.